The summed E-state index contributed by atoms with van der Waals surface area (Å²) in [6.07, 6.45) is -4.46. The smallest absolute Gasteiger partial charge is 0.308 e. The van der Waals surface area contributed by atoms with E-state index in [1.807, 2.05) is 0 Å². The van der Waals surface area contributed by atoms with E-state index in [-0.39, 0.29) is 16.3 Å². The second-order valence-electron chi connectivity index (χ2n) is 4.73. The highest BCUT2D eigenvalue weighted by atomic mass is 32.2. The van der Waals surface area contributed by atoms with Gasteiger partial charge < -0.3 is 10.6 Å². The fourth-order valence-corrected chi connectivity index (χ4v) is 2.35. The lowest BCUT2D eigenvalue weighted by atomic mass is 10.2. The summed E-state index contributed by atoms with van der Waals surface area (Å²) in [7, 11) is -3.92. The molecule has 0 saturated carbocycles. The Morgan fingerprint density at radius 2 is 1.54 bits per heavy atom. The van der Waals surface area contributed by atoms with Crippen LogP contribution < -0.4 is 15.8 Å². The number of carbonyl (C=O) groups is 1. The van der Waals surface area contributed by atoms with Gasteiger partial charge in [0.05, 0.1) is 10.5 Å². The van der Waals surface area contributed by atoms with E-state index in [1.54, 1.807) is 0 Å². The molecule has 0 spiro atoms. The Bertz CT molecular complexity index is 850. The summed E-state index contributed by atoms with van der Waals surface area (Å²) >= 11 is 0. The van der Waals surface area contributed by atoms with Crippen LogP contribution in [0.4, 0.5) is 29.3 Å². The first-order valence-electron chi connectivity index (χ1n) is 6.44. The highest BCUT2D eigenvalue weighted by molar-refractivity contribution is 7.89. The molecule has 0 aliphatic carbocycles. The molecular formula is C14H12F3N3O3S. The minimum Gasteiger partial charge on any atom is -0.308 e. The molecular weight excluding hydrogens is 347 g/mol. The lowest BCUT2D eigenvalue weighted by Gasteiger charge is -2.10. The van der Waals surface area contributed by atoms with Crippen molar-refractivity contribution < 1.29 is 26.4 Å². The number of hydrogen-bond donors (Lipinski definition) is 3. The van der Waals surface area contributed by atoms with Gasteiger partial charge in [-0.1, -0.05) is 6.07 Å². The van der Waals surface area contributed by atoms with Gasteiger partial charge in [-0.25, -0.2) is 18.4 Å². The van der Waals surface area contributed by atoms with Crippen LogP contribution in [0.1, 0.15) is 5.56 Å². The van der Waals surface area contributed by atoms with Crippen molar-refractivity contribution in [1.82, 2.24) is 0 Å². The van der Waals surface area contributed by atoms with E-state index in [1.165, 1.54) is 18.2 Å². The van der Waals surface area contributed by atoms with Crippen LogP contribution in [0.25, 0.3) is 0 Å². The van der Waals surface area contributed by atoms with Crippen LogP contribution in [-0.2, 0) is 16.2 Å². The summed E-state index contributed by atoms with van der Waals surface area (Å²) in [5.41, 5.74) is -0.539. The van der Waals surface area contributed by atoms with Crippen LogP contribution in [-0.4, -0.2) is 14.4 Å². The van der Waals surface area contributed by atoms with Crippen LogP contribution in [0.15, 0.2) is 53.4 Å². The summed E-state index contributed by atoms with van der Waals surface area (Å²) in [5.74, 6) is 0. The molecule has 0 saturated heterocycles. The number of sulfonamides is 1. The normalized spacial score (nSPS) is 11.8. The minimum atomic E-state index is -4.46. The van der Waals surface area contributed by atoms with Crippen molar-refractivity contribution in [3.05, 3.63) is 54.1 Å². The van der Waals surface area contributed by atoms with Crippen molar-refractivity contribution in [2.24, 2.45) is 5.14 Å². The number of alkyl halides is 3. The number of urea groups is 1. The van der Waals surface area contributed by atoms with Gasteiger partial charge in [0.25, 0.3) is 0 Å². The molecule has 128 valence electrons. The fraction of sp³-hybridized carbons (Fsp3) is 0.0714. The Kier molecular flexibility index (Phi) is 4.81. The summed E-state index contributed by atoms with van der Waals surface area (Å²) in [5, 5.41) is 9.67. The number of halogens is 3. The van der Waals surface area contributed by atoms with Gasteiger partial charge in [0, 0.05) is 11.4 Å². The third-order valence-corrected chi connectivity index (χ3v) is 3.80. The van der Waals surface area contributed by atoms with Crippen molar-refractivity contribution in [2.75, 3.05) is 10.6 Å². The quantitative estimate of drug-likeness (QED) is 0.785. The summed E-state index contributed by atoms with van der Waals surface area (Å²) in [6.45, 7) is 0. The average Bonchev–Trinajstić information content (AvgIpc) is 2.46. The van der Waals surface area contributed by atoms with E-state index < -0.39 is 27.8 Å². The van der Waals surface area contributed by atoms with Gasteiger partial charge in [0.1, 0.15) is 0 Å². The molecule has 2 amide bonds. The summed E-state index contributed by atoms with van der Waals surface area (Å²) < 4.78 is 59.8. The second kappa shape index (κ2) is 6.49. The number of rotatable bonds is 3. The zero-order chi connectivity index (χ0) is 18.0. The van der Waals surface area contributed by atoms with Gasteiger partial charge in [-0.2, -0.15) is 13.2 Å². The van der Waals surface area contributed by atoms with E-state index in [4.69, 9.17) is 5.14 Å². The zero-order valence-electron chi connectivity index (χ0n) is 12.0. The molecule has 24 heavy (non-hydrogen) atoms. The molecule has 0 fully saturated rings. The lowest BCUT2D eigenvalue weighted by Crippen LogP contribution is -2.20. The molecule has 0 aromatic heterocycles. The molecule has 2 rings (SSSR count). The molecule has 0 aliphatic heterocycles. The molecule has 2 aromatic carbocycles. The SMILES string of the molecule is NS(=O)(=O)c1cccc(NC(=O)Nc2ccc(C(F)(F)F)cc2)c1. The average molecular weight is 359 g/mol. The Morgan fingerprint density at radius 1 is 0.958 bits per heavy atom. The maximum absolute atomic E-state index is 12.4. The van der Waals surface area contributed by atoms with Crippen LogP contribution in [0.3, 0.4) is 0 Å². The molecule has 6 nitrogen and oxygen atoms in total. The maximum atomic E-state index is 12.4. The summed E-state index contributed by atoms with van der Waals surface area (Å²) in [6, 6.07) is 8.34. The Balaban J connectivity index is 2.06. The number of primary sulfonamides is 1. The zero-order valence-corrected chi connectivity index (χ0v) is 12.8. The first kappa shape index (κ1) is 17.8. The first-order chi connectivity index (χ1) is 11.1. The predicted molar refractivity (Wildman–Crippen MR) is 81.9 cm³/mol. The molecule has 4 N–H and O–H groups in total. The highest BCUT2D eigenvalue weighted by Gasteiger charge is 2.29. The van der Waals surface area contributed by atoms with Crippen molar-refractivity contribution in [2.45, 2.75) is 11.1 Å². The topological polar surface area (TPSA) is 101 Å². The Hall–Kier alpha value is -2.59. The largest absolute Gasteiger partial charge is 0.416 e. The number of nitrogens with two attached hydrogens (primary N) is 1. The number of hydrogen-bond acceptors (Lipinski definition) is 3. The molecule has 2 aromatic rings. The van der Waals surface area contributed by atoms with Crippen molar-refractivity contribution >= 4 is 27.4 Å². The molecule has 0 unspecified atom stereocenters. The lowest BCUT2D eigenvalue weighted by molar-refractivity contribution is -0.137. The maximum Gasteiger partial charge on any atom is 0.416 e. The Morgan fingerprint density at radius 3 is 2.08 bits per heavy atom. The first-order valence-corrected chi connectivity index (χ1v) is 7.98. The van der Waals surface area contributed by atoms with Gasteiger partial charge in [-0.05, 0) is 42.5 Å². The molecule has 0 heterocycles. The Labute approximate surface area is 135 Å². The van der Waals surface area contributed by atoms with Gasteiger partial charge in [-0.3, -0.25) is 0 Å². The van der Waals surface area contributed by atoms with Crippen molar-refractivity contribution in [1.29, 1.82) is 0 Å². The molecule has 0 aliphatic rings. The van der Waals surface area contributed by atoms with E-state index in [0.29, 0.717) is 0 Å². The monoisotopic (exact) mass is 359 g/mol. The van der Waals surface area contributed by atoms with Crippen LogP contribution in [0.5, 0.6) is 0 Å². The van der Waals surface area contributed by atoms with Crippen LogP contribution in [0, 0.1) is 0 Å². The van der Waals surface area contributed by atoms with Crippen LogP contribution >= 0.6 is 0 Å². The number of benzene rings is 2. The van der Waals surface area contributed by atoms with Crippen LogP contribution in [0.2, 0.25) is 0 Å². The number of anilines is 2. The predicted octanol–water partition coefficient (Wildman–Crippen LogP) is 3.00. The number of nitrogens with one attached hydrogen (secondary N) is 2. The van der Waals surface area contributed by atoms with E-state index in [2.05, 4.69) is 10.6 Å². The summed E-state index contributed by atoms with van der Waals surface area (Å²) in [4.78, 5) is 11.6. The third kappa shape index (κ3) is 4.70. The van der Waals surface area contributed by atoms with Gasteiger partial charge in [0.15, 0.2) is 0 Å². The minimum absolute atomic E-state index is 0.142. The molecule has 0 atom stereocenters. The fourth-order valence-electron chi connectivity index (χ4n) is 1.79. The van der Waals surface area contributed by atoms with E-state index in [0.717, 1.165) is 30.3 Å². The number of amides is 2. The number of carbonyl (C=O) groups excluding carboxylic acids is 1. The third-order valence-electron chi connectivity index (χ3n) is 2.89. The van der Waals surface area contributed by atoms with E-state index in [9.17, 15) is 26.4 Å². The van der Waals surface area contributed by atoms with E-state index >= 15 is 0 Å². The van der Waals surface area contributed by atoms with Crippen molar-refractivity contribution in [3.63, 3.8) is 0 Å². The van der Waals surface area contributed by atoms with Crippen molar-refractivity contribution in [3.8, 4) is 0 Å². The van der Waals surface area contributed by atoms with Gasteiger partial charge in [0.2, 0.25) is 10.0 Å². The molecule has 0 radical (unpaired) electrons. The second-order valence-corrected chi connectivity index (χ2v) is 6.29. The highest BCUT2D eigenvalue weighted by Crippen LogP contribution is 2.29. The van der Waals surface area contributed by atoms with Gasteiger partial charge in [-0.15, -0.1) is 0 Å². The molecule has 0 bridgehead atoms. The molecule has 10 heteroatoms. The van der Waals surface area contributed by atoms with Gasteiger partial charge >= 0.3 is 12.2 Å². The standard InChI is InChI=1S/C14H12F3N3O3S/c15-14(16,17)9-4-6-10(7-5-9)19-13(21)20-11-2-1-3-12(8-11)24(18,22)23/h1-8H,(H2,18,22,23)(H2,19,20,21).